The molecular weight excluding hydrogens is 356 g/mol. The fourth-order valence-electron chi connectivity index (χ4n) is 2.26. The summed E-state index contributed by atoms with van der Waals surface area (Å²) < 4.78 is 1.55. The van der Waals surface area contributed by atoms with E-state index in [0.717, 1.165) is 5.56 Å². The molecule has 26 heavy (non-hydrogen) atoms. The molecule has 0 aliphatic heterocycles. The van der Waals surface area contributed by atoms with Crippen molar-refractivity contribution in [3.05, 3.63) is 64.2 Å². The van der Waals surface area contributed by atoms with E-state index in [0.29, 0.717) is 22.3 Å². The Morgan fingerprint density at radius 1 is 1.27 bits per heavy atom. The fourth-order valence-corrected chi connectivity index (χ4v) is 3.09. The average molecular weight is 370 g/mol. The van der Waals surface area contributed by atoms with Crippen molar-refractivity contribution in [2.45, 2.75) is 17.8 Å². The second-order valence-corrected chi connectivity index (χ2v) is 6.26. The third-order valence-electron chi connectivity index (χ3n) is 3.34. The lowest BCUT2D eigenvalue weighted by atomic mass is 10.2. The van der Waals surface area contributed by atoms with E-state index >= 15 is 0 Å². The van der Waals surface area contributed by atoms with Gasteiger partial charge in [0.05, 0.1) is 10.6 Å². The highest BCUT2D eigenvalue weighted by Gasteiger charge is 2.12. The van der Waals surface area contributed by atoms with Crippen molar-refractivity contribution in [3.8, 4) is 5.69 Å². The molecule has 0 aliphatic rings. The maximum Gasteiger partial charge on any atom is 0.269 e. The molecule has 3 rings (SSSR count). The number of rotatable bonds is 6. The third-order valence-corrected chi connectivity index (χ3v) is 4.33. The SMILES string of the molecule is CC(=O)Nc1cccc(-n2nnnc2SCc2cccc([N+](=O)[O-])c2)c1. The van der Waals surface area contributed by atoms with Crippen LogP contribution in [0, 0.1) is 10.1 Å². The van der Waals surface area contributed by atoms with Crippen molar-refractivity contribution in [2.75, 3.05) is 5.32 Å². The van der Waals surface area contributed by atoms with Gasteiger partial charge in [-0.15, -0.1) is 5.10 Å². The van der Waals surface area contributed by atoms with Crippen LogP contribution in [0.1, 0.15) is 12.5 Å². The number of nitro groups is 1. The minimum atomic E-state index is -0.425. The summed E-state index contributed by atoms with van der Waals surface area (Å²) in [5.41, 5.74) is 2.18. The van der Waals surface area contributed by atoms with Crippen LogP contribution in [0.15, 0.2) is 53.7 Å². The summed E-state index contributed by atoms with van der Waals surface area (Å²) in [6.45, 7) is 1.43. The number of non-ortho nitro benzene ring substituents is 1. The molecule has 2 aromatic carbocycles. The van der Waals surface area contributed by atoms with E-state index in [1.165, 1.54) is 30.8 Å². The maximum absolute atomic E-state index is 11.2. The Labute approximate surface area is 152 Å². The topological polar surface area (TPSA) is 116 Å². The van der Waals surface area contributed by atoms with E-state index in [1.807, 2.05) is 12.1 Å². The molecule has 1 aromatic heterocycles. The molecule has 3 aromatic rings. The lowest BCUT2D eigenvalue weighted by Gasteiger charge is -2.07. The molecule has 0 atom stereocenters. The standard InChI is InChI=1S/C16H14N6O3S/c1-11(23)17-13-5-3-6-14(9-13)21-16(18-19-20-21)26-10-12-4-2-7-15(8-12)22(24)25/h2-9H,10H2,1H3,(H,17,23). The van der Waals surface area contributed by atoms with Crippen LogP contribution in [0.25, 0.3) is 5.69 Å². The molecule has 0 spiro atoms. The molecule has 0 fully saturated rings. The summed E-state index contributed by atoms with van der Waals surface area (Å²) in [6.07, 6.45) is 0. The van der Waals surface area contributed by atoms with Gasteiger partial charge in [0, 0.05) is 30.5 Å². The Bertz CT molecular complexity index is 958. The van der Waals surface area contributed by atoms with Crippen LogP contribution in [-0.4, -0.2) is 31.0 Å². The predicted molar refractivity (Wildman–Crippen MR) is 96.1 cm³/mol. The van der Waals surface area contributed by atoms with Crippen LogP contribution in [0.4, 0.5) is 11.4 Å². The number of nitrogens with one attached hydrogen (secondary N) is 1. The van der Waals surface area contributed by atoms with Crippen molar-refractivity contribution >= 4 is 29.0 Å². The number of carbonyl (C=O) groups excluding carboxylic acids is 1. The molecule has 0 bridgehead atoms. The second kappa shape index (κ2) is 7.74. The number of hydrogen-bond acceptors (Lipinski definition) is 7. The molecule has 0 aliphatic carbocycles. The number of tetrazole rings is 1. The lowest BCUT2D eigenvalue weighted by Crippen LogP contribution is -2.07. The van der Waals surface area contributed by atoms with Crippen LogP contribution >= 0.6 is 11.8 Å². The summed E-state index contributed by atoms with van der Waals surface area (Å²) in [4.78, 5) is 21.6. The highest BCUT2D eigenvalue weighted by Crippen LogP contribution is 2.25. The number of carbonyl (C=O) groups is 1. The summed E-state index contributed by atoms with van der Waals surface area (Å²) in [6, 6.07) is 13.6. The second-order valence-electron chi connectivity index (χ2n) is 5.32. The summed E-state index contributed by atoms with van der Waals surface area (Å²) >= 11 is 1.36. The monoisotopic (exact) mass is 370 g/mol. The average Bonchev–Trinajstić information content (AvgIpc) is 3.08. The molecule has 1 amide bonds. The molecule has 132 valence electrons. The summed E-state index contributed by atoms with van der Waals surface area (Å²) in [5, 5.41) is 25.8. The molecule has 0 saturated heterocycles. The van der Waals surface area contributed by atoms with Crippen LogP contribution in [-0.2, 0) is 10.5 Å². The van der Waals surface area contributed by atoms with Crippen molar-refractivity contribution < 1.29 is 9.72 Å². The predicted octanol–water partition coefficient (Wildman–Crippen LogP) is 2.82. The number of amides is 1. The molecular formula is C16H14N6O3S. The highest BCUT2D eigenvalue weighted by atomic mass is 32.2. The van der Waals surface area contributed by atoms with Crippen molar-refractivity contribution in [2.24, 2.45) is 0 Å². The van der Waals surface area contributed by atoms with Gasteiger partial charge in [-0.3, -0.25) is 14.9 Å². The molecule has 9 nitrogen and oxygen atoms in total. The van der Waals surface area contributed by atoms with Crippen LogP contribution in [0.2, 0.25) is 0 Å². The number of anilines is 1. The van der Waals surface area contributed by atoms with Gasteiger partial charge in [0.25, 0.3) is 5.69 Å². The number of thioether (sulfide) groups is 1. The van der Waals surface area contributed by atoms with Gasteiger partial charge in [0.2, 0.25) is 11.1 Å². The first-order chi connectivity index (χ1) is 12.5. The zero-order valence-corrected chi connectivity index (χ0v) is 14.5. The van der Waals surface area contributed by atoms with Gasteiger partial charge in [0.1, 0.15) is 0 Å². The quantitative estimate of drug-likeness (QED) is 0.403. The number of benzene rings is 2. The lowest BCUT2D eigenvalue weighted by molar-refractivity contribution is -0.384. The minimum absolute atomic E-state index is 0.0469. The van der Waals surface area contributed by atoms with Gasteiger partial charge in [-0.25, -0.2) is 0 Å². The summed E-state index contributed by atoms with van der Waals surface area (Å²) in [5.74, 6) is 0.312. The Morgan fingerprint density at radius 2 is 2.08 bits per heavy atom. The van der Waals surface area contributed by atoms with Gasteiger partial charge in [0.15, 0.2) is 0 Å². The third kappa shape index (κ3) is 4.22. The van der Waals surface area contributed by atoms with Crippen LogP contribution in [0.5, 0.6) is 0 Å². The van der Waals surface area contributed by atoms with Gasteiger partial charge in [-0.05, 0) is 34.2 Å². The van der Waals surface area contributed by atoms with Crippen molar-refractivity contribution in [3.63, 3.8) is 0 Å². The van der Waals surface area contributed by atoms with Gasteiger partial charge >= 0.3 is 0 Å². The largest absolute Gasteiger partial charge is 0.326 e. The van der Waals surface area contributed by atoms with Crippen molar-refractivity contribution in [1.29, 1.82) is 0 Å². The smallest absolute Gasteiger partial charge is 0.269 e. The number of nitro benzene ring substituents is 1. The van der Waals surface area contributed by atoms with Gasteiger partial charge < -0.3 is 5.32 Å². The molecule has 1 N–H and O–H groups in total. The highest BCUT2D eigenvalue weighted by molar-refractivity contribution is 7.98. The van der Waals surface area contributed by atoms with Gasteiger partial charge in [-0.2, -0.15) is 4.68 Å². The Kier molecular flexibility index (Phi) is 5.23. The summed E-state index contributed by atoms with van der Waals surface area (Å²) in [7, 11) is 0. The number of nitrogens with zero attached hydrogens (tertiary/aromatic N) is 5. The van der Waals surface area contributed by atoms with E-state index in [2.05, 4.69) is 20.8 Å². The first-order valence-electron chi connectivity index (χ1n) is 7.55. The van der Waals surface area contributed by atoms with Gasteiger partial charge in [-0.1, -0.05) is 30.0 Å². The van der Waals surface area contributed by atoms with Crippen LogP contribution < -0.4 is 5.32 Å². The van der Waals surface area contributed by atoms with Crippen molar-refractivity contribution in [1.82, 2.24) is 20.2 Å². The van der Waals surface area contributed by atoms with E-state index < -0.39 is 4.92 Å². The number of hydrogen-bond donors (Lipinski definition) is 1. The molecule has 1 heterocycles. The Morgan fingerprint density at radius 3 is 2.85 bits per heavy atom. The van der Waals surface area contributed by atoms with E-state index in [9.17, 15) is 14.9 Å². The van der Waals surface area contributed by atoms with Crippen LogP contribution in [0.3, 0.4) is 0 Å². The van der Waals surface area contributed by atoms with E-state index in [1.54, 1.807) is 28.9 Å². The molecule has 0 radical (unpaired) electrons. The Balaban J connectivity index is 1.78. The first kappa shape index (κ1) is 17.5. The zero-order valence-electron chi connectivity index (χ0n) is 13.7. The van der Waals surface area contributed by atoms with E-state index in [-0.39, 0.29) is 11.6 Å². The minimum Gasteiger partial charge on any atom is -0.326 e. The molecule has 0 unspecified atom stereocenters. The van der Waals surface area contributed by atoms with E-state index in [4.69, 9.17) is 0 Å². The number of aromatic nitrogens is 4. The maximum atomic E-state index is 11.2. The first-order valence-corrected chi connectivity index (χ1v) is 8.54. The Hall–Kier alpha value is -3.27. The zero-order chi connectivity index (χ0) is 18.5. The fraction of sp³-hybridized carbons (Fsp3) is 0.125. The molecule has 10 heteroatoms. The normalized spacial score (nSPS) is 10.5. The molecule has 0 saturated carbocycles.